The molecule has 126 valence electrons. The van der Waals surface area contributed by atoms with E-state index in [0.29, 0.717) is 6.42 Å². The molecule has 1 aromatic carbocycles. The molecule has 0 aromatic heterocycles. The van der Waals surface area contributed by atoms with Crippen molar-refractivity contribution >= 4 is 21.9 Å². The van der Waals surface area contributed by atoms with Crippen LogP contribution in [0.5, 0.6) is 5.75 Å². The van der Waals surface area contributed by atoms with Gasteiger partial charge in [0.2, 0.25) is 0 Å². The van der Waals surface area contributed by atoms with Crippen molar-refractivity contribution in [1.29, 1.82) is 5.26 Å². The van der Waals surface area contributed by atoms with E-state index in [2.05, 4.69) is 4.72 Å². The van der Waals surface area contributed by atoms with Gasteiger partial charge in [-0.25, -0.2) is 5.14 Å². The molecule has 0 aliphatic heterocycles. The maximum atomic E-state index is 11.1. The van der Waals surface area contributed by atoms with Gasteiger partial charge >= 0.3 is 5.97 Å². The molecule has 0 heterocycles. The third-order valence-corrected chi connectivity index (χ3v) is 3.28. The summed E-state index contributed by atoms with van der Waals surface area (Å²) in [6, 6.07) is 6.34. The fourth-order valence-corrected chi connectivity index (χ4v) is 2.33. The summed E-state index contributed by atoms with van der Waals surface area (Å²) in [6.45, 7) is 4.97. The normalized spacial score (nSPS) is 11.4. The molecule has 0 fully saturated rings. The molecular formula is C14H19N3O5S. The Balaban J connectivity index is 2.84. The number of benzene rings is 1. The van der Waals surface area contributed by atoms with Crippen LogP contribution in [0.4, 0.5) is 5.69 Å². The summed E-state index contributed by atoms with van der Waals surface area (Å²) < 4.78 is 34.9. The summed E-state index contributed by atoms with van der Waals surface area (Å²) >= 11 is 0. The molecule has 0 atom stereocenters. The van der Waals surface area contributed by atoms with E-state index in [-0.39, 0.29) is 23.6 Å². The van der Waals surface area contributed by atoms with E-state index in [0.717, 1.165) is 0 Å². The number of hydrogen-bond donors (Lipinski definition) is 2. The Morgan fingerprint density at radius 3 is 2.61 bits per heavy atom. The van der Waals surface area contributed by atoms with E-state index in [1.807, 2.05) is 6.07 Å². The Morgan fingerprint density at radius 1 is 1.43 bits per heavy atom. The van der Waals surface area contributed by atoms with Crippen LogP contribution >= 0.6 is 0 Å². The van der Waals surface area contributed by atoms with Gasteiger partial charge in [0.15, 0.2) is 0 Å². The molecule has 0 amide bonds. The second-order valence-electron chi connectivity index (χ2n) is 5.39. The van der Waals surface area contributed by atoms with Gasteiger partial charge in [-0.1, -0.05) is 6.07 Å². The Hall–Kier alpha value is -2.31. The number of nitriles is 1. The number of hydrogen-bond acceptors (Lipinski definition) is 6. The molecule has 0 saturated heterocycles. The second-order valence-corrected chi connectivity index (χ2v) is 6.68. The van der Waals surface area contributed by atoms with Crippen LogP contribution in [0.25, 0.3) is 0 Å². The summed E-state index contributed by atoms with van der Waals surface area (Å²) in [5.74, 6) is -0.188. The van der Waals surface area contributed by atoms with Gasteiger partial charge < -0.3 is 9.47 Å². The number of carbonyl (C=O) groups excluding carboxylic acids is 1. The van der Waals surface area contributed by atoms with Crippen LogP contribution in [0.15, 0.2) is 18.2 Å². The van der Waals surface area contributed by atoms with Gasteiger partial charge in [0.1, 0.15) is 23.0 Å². The summed E-state index contributed by atoms with van der Waals surface area (Å²) in [5.41, 5.74) is -0.659. The average Bonchev–Trinajstić information content (AvgIpc) is 2.35. The Kier molecular flexibility index (Phi) is 5.95. The fourth-order valence-electron chi connectivity index (χ4n) is 1.85. The molecule has 1 rings (SSSR count). The minimum absolute atomic E-state index is 0.0202. The highest BCUT2D eigenvalue weighted by molar-refractivity contribution is 7.90. The first-order valence-corrected chi connectivity index (χ1v) is 8.25. The molecule has 8 nitrogen and oxygen atoms in total. The van der Waals surface area contributed by atoms with Gasteiger partial charge in [0.05, 0.1) is 12.3 Å². The van der Waals surface area contributed by atoms with Crippen molar-refractivity contribution < 1.29 is 22.7 Å². The van der Waals surface area contributed by atoms with Crippen molar-refractivity contribution in [2.45, 2.75) is 32.8 Å². The minimum Gasteiger partial charge on any atom is -0.492 e. The fraction of sp³-hybridized carbons (Fsp3) is 0.429. The summed E-state index contributed by atoms with van der Waals surface area (Å²) in [6.07, 6.45) is 0.393. The molecule has 23 heavy (non-hydrogen) atoms. The van der Waals surface area contributed by atoms with Gasteiger partial charge in [0.25, 0.3) is 10.2 Å². The SMILES string of the molecule is CC(=O)OC(C)(C)CCOc1cccc(NS(N)(=O)=O)c1C#N. The summed E-state index contributed by atoms with van der Waals surface area (Å²) in [4.78, 5) is 11.0. The third kappa shape index (κ3) is 6.54. The predicted molar refractivity (Wildman–Crippen MR) is 83.8 cm³/mol. The monoisotopic (exact) mass is 341 g/mol. The largest absolute Gasteiger partial charge is 0.492 e. The number of carbonyl (C=O) groups is 1. The maximum absolute atomic E-state index is 11.1. The van der Waals surface area contributed by atoms with E-state index in [1.165, 1.54) is 25.1 Å². The third-order valence-electron chi connectivity index (χ3n) is 2.77. The van der Waals surface area contributed by atoms with Crippen LogP contribution in [0.2, 0.25) is 0 Å². The highest BCUT2D eigenvalue weighted by atomic mass is 32.2. The molecule has 0 bridgehead atoms. The van der Waals surface area contributed by atoms with Crippen molar-refractivity contribution in [3.63, 3.8) is 0 Å². The summed E-state index contributed by atoms with van der Waals surface area (Å²) in [7, 11) is -4.00. The van der Waals surface area contributed by atoms with E-state index in [4.69, 9.17) is 14.6 Å². The second kappa shape index (κ2) is 7.30. The van der Waals surface area contributed by atoms with Gasteiger partial charge in [-0.2, -0.15) is 13.7 Å². The maximum Gasteiger partial charge on any atom is 0.303 e. The van der Waals surface area contributed by atoms with Gasteiger partial charge in [-0.15, -0.1) is 0 Å². The summed E-state index contributed by atoms with van der Waals surface area (Å²) in [5, 5.41) is 14.1. The zero-order valence-electron chi connectivity index (χ0n) is 13.1. The molecule has 9 heteroatoms. The number of ether oxygens (including phenoxy) is 2. The van der Waals surface area contributed by atoms with E-state index in [1.54, 1.807) is 13.8 Å². The van der Waals surface area contributed by atoms with Crippen LogP contribution in [0, 0.1) is 11.3 Å². The lowest BCUT2D eigenvalue weighted by Gasteiger charge is -2.24. The van der Waals surface area contributed by atoms with Gasteiger partial charge in [-0.3, -0.25) is 9.52 Å². The van der Waals surface area contributed by atoms with Crippen LogP contribution in [0.1, 0.15) is 32.8 Å². The van der Waals surface area contributed by atoms with Crippen molar-refractivity contribution in [2.75, 3.05) is 11.3 Å². The number of nitrogens with one attached hydrogen (secondary N) is 1. The Labute approximate surface area is 135 Å². The molecule has 1 aromatic rings. The van der Waals surface area contributed by atoms with Crippen LogP contribution in [0.3, 0.4) is 0 Å². The molecule has 0 radical (unpaired) electrons. The first-order chi connectivity index (χ1) is 10.5. The topological polar surface area (TPSA) is 132 Å². The van der Waals surface area contributed by atoms with E-state index in [9.17, 15) is 18.5 Å². The van der Waals surface area contributed by atoms with E-state index < -0.39 is 21.8 Å². The highest BCUT2D eigenvalue weighted by Gasteiger charge is 2.21. The standard InChI is InChI=1S/C14H19N3O5S/c1-10(18)22-14(2,3)7-8-21-13-6-4-5-12(11(13)9-15)17-23(16,19)20/h4-6,17H,7-8H2,1-3H3,(H2,16,19,20). The zero-order valence-corrected chi connectivity index (χ0v) is 13.9. The number of anilines is 1. The molecule has 0 spiro atoms. The van der Waals surface area contributed by atoms with Gasteiger partial charge in [0, 0.05) is 13.3 Å². The van der Waals surface area contributed by atoms with Crippen LogP contribution in [-0.2, 0) is 19.7 Å². The molecular weight excluding hydrogens is 322 g/mol. The number of nitrogens with zero attached hydrogens (tertiary/aromatic N) is 1. The number of rotatable bonds is 7. The lowest BCUT2D eigenvalue weighted by Crippen LogP contribution is -2.29. The minimum atomic E-state index is -4.00. The quantitative estimate of drug-likeness (QED) is 0.718. The lowest BCUT2D eigenvalue weighted by molar-refractivity contribution is -0.154. The van der Waals surface area contributed by atoms with Crippen LogP contribution < -0.4 is 14.6 Å². The van der Waals surface area contributed by atoms with Crippen molar-refractivity contribution in [3.8, 4) is 11.8 Å². The number of nitrogens with two attached hydrogens (primary N) is 1. The highest BCUT2D eigenvalue weighted by Crippen LogP contribution is 2.27. The Morgan fingerprint density at radius 2 is 2.09 bits per heavy atom. The molecule has 0 aliphatic carbocycles. The Bertz CT molecular complexity index is 722. The van der Waals surface area contributed by atoms with Crippen molar-refractivity contribution in [2.24, 2.45) is 5.14 Å². The van der Waals surface area contributed by atoms with Crippen LogP contribution in [-0.4, -0.2) is 26.6 Å². The molecule has 0 aliphatic rings. The molecule has 3 N–H and O–H groups in total. The average molecular weight is 341 g/mol. The van der Waals surface area contributed by atoms with Gasteiger partial charge in [-0.05, 0) is 26.0 Å². The zero-order chi connectivity index (χ0) is 17.7. The predicted octanol–water partition coefficient (Wildman–Crippen LogP) is 1.28. The lowest BCUT2D eigenvalue weighted by atomic mass is 10.1. The first kappa shape index (κ1) is 18.7. The van der Waals surface area contributed by atoms with Crippen molar-refractivity contribution in [1.82, 2.24) is 0 Å². The first-order valence-electron chi connectivity index (χ1n) is 6.70. The van der Waals surface area contributed by atoms with Crippen molar-refractivity contribution in [3.05, 3.63) is 23.8 Å². The molecule has 0 saturated carbocycles. The van der Waals surface area contributed by atoms with E-state index >= 15 is 0 Å². The smallest absolute Gasteiger partial charge is 0.303 e. The molecule has 0 unspecified atom stereocenters. The number of esters is 1.